The molecule has 0 unspecified atom stereocenters. The lowest BCUT2D eigenvalue weighted by atomic mass is 10.2. The quantitative estimate of drug-likeness (QED) is 0.818. The van der Waals surface area contributed by atoms with Crippen LogP contribution in [0.15, 0.2) is 24.3 Å². The van der Waals surface area contributed by atoms with E-state index >= 15 is 0 Å². The Morgan fingerprint density at radius 3 is 2.78 bits per heavy atom. The average Bonchev–Trinajstić information content (AvgIpc) is 2.78. The summed E-state index contributed by atoms with van der Waals surface area (Å²) in [6.07, 6.45) is 1.13. The van der Waals surface area contributed by atoms with Gasteiger partial charge in [0.1, 0.15) is 5.82 Å². The van der Waals surface area contributed by atoms with Crippen LogP contribution in [0.3, 0.4) is 0 Å². The number of fused-ring (bicyclic) bond motifs is 3. The van der Waals surface area contributed by atoms with Gasteiger partial charge in [-0.2, -0.15) is 0 Å². The molecule has 18 heavy (non-hydrogen) atoms. The Kier molecular flexibility index (Phi) is 3.07. The highest BCUT2D eigenvalue weighted by Gasteiger charge is 2.23. The molecule has 1 aromatic heterocycles. The van der Waals surface area contributed by atoms with Gasteiger partial charge < -0.3 is 4.90 Å². The minimum atomic E-state index is 0.838. The lowest BCUT2D eigenvalue weighted by Crippen LogP contribution is -2.31. The smallest absolute Gasteiger partial charge is 0.157 e. The monoisotopic (exact) mass is 306 g/mol. The second-order valence-corrected chi connectivity index (χ2v) is 5.24. The molecule has 0 N–H and O–H groups in total. The van der Waals surface area contributed by atoms with Crippen LogP contribution in [-0.4, -0.2) is 26.6 Å². The molecule has 0 fully saturated rings. The van der Waals surface area contributed by atoms with Crippen LogP contribution in [0.5, 0.6) is 0 Å². The molecule has 0 saturated heterocycles. The maximum absolute atomic E-state index is 4.27. The first-order chi connectivity index (χ1) is 8.81. The number of rotatable bonds is 3. The molecule has 94 valence electrons. The molecule has 4 nitrogen and oxygen atoms in total. The number of nitrogens with zero attached hydrogens (tertiary/aromatic N) is 4. The number of alkyl halides is 1. The molecule has 3 rings (SSSR count). The molecular formula is C13H15BrN4. The van der Waals surface area contributed by atoms with Crippen LogP contribution in [0.2, 0.25) is 0 Å². The minimum absolute atomic E-state index is 0.838. The minimum Gasteiger partial charge on any atom is -0.362 e. The summed E-state index contributed by atoms with van der Waals surface area (Å²) in [5.41, 5.74) is 2.46. The van der Waals surface area contributed by atoms with E-state index in [4.69, 9.17) is 0 Å². The fourth-order valence-corrected chi connectivity index (χ4v) is 2.70. The summed E-state index contributed by atoms with van der Waals surface area (Å²) >= 11 is 3.49. The molecule has 0 radical (unpaired) electrons. The molecule has 0 bridgehead atoms. The van der Waals surface area contributed by atoms with Gasteiger partial charge >= 0.3 is 0 Å². The summed E-state index contributed by atoms with van der Waals surface area (Å²) in [6, 6.07) is 8.46. The molecule has 1 aromatic carbocycles. The van der Waals surface area contributed by atoms with Crippen molar-refractivity contribution in [3.63, 3.8) is 0 Å². The third kappa shape index (κ3) is 1.82. The lowest BCUT2D eigenvalue weighted by molar-refractivity contribution is 0.697. The van der Waals surface area contributed by atoms with E-state index in [1.165, 1.54) is 11.4 Å². The van der Waals surface area contributed by atoms with Crippen molar-refractivity contribution in [1.82, 2.24) is 14.8 Å². The largest absolute Gasteiger partial charge is 0.362 e. The van der Waals surface area contributed by atoms with Gasteiger partial charge in [0.2, 0.25) is 0 Å². The highest BCUT2D eigenvalue weighted by molar-refractivity contribution is 9.09. The first kappa shape index (κ1) is 11.7. The van der Waals surface area contributed by atoms with Crippen molar-refractivity contribution in [2.45, 2.75) is 19.9 Å². The van der Waals surface area contributed by atoms with Crippen LogP contribution in [0, 0.1) is 6.92 Å². The number of halogens is 1. The Bertz CT molecular complexity index is 564. The molecule has 2 aromatic rings. The summed E-state index contributed by atoms with van der Waals surface area (Å²) in [4.78, 5) is 2.38. The SMILES string of the molecule is Cc1nnc2n1-c1ccccc1N(CCCBr)C2. The third-order valence-corrected chi connectivity index (χ3v) is 3.81. The maximum atomic E-state index is 4.27. The third-order valence-electron chi connectivity index (χ3n) is 3.25. The van der Waals surface area contributed by atoms with Gasteiger partial charge in [-0.25, -0.2) is 0 Å². The predicted molar refractivity (Wildman–Crippen MR) is 75.6 cm³/mol. The number of hydrogen-bond acceptors (Lipinski definition) is 3. The summed E-state index contributed by atoms with van der Waals surface area (Å²) in [5.74, 6) is 1.98. The molecule has 0 saturated carbocycles. The van der Waals surface area contributed by atoms with Crippen molar-refractivity contribution in [3.05, 3.63) is 35.9 Å². The van der Waals surface area contributed by atoms with E-state index in [0.29, 0.717) is 0 Å². The fourth-order valence-electron chi connectivity index (χ4n) is 2.45. The summed E-state index contributed by atoms with van der Waals surface area (Å²) in [6.45, 7) is 3.88. The van der Waals surface area contributed by atoms with Gasteiger partial charge in [0, 0.05) is 11.9 Å². The standard InChI is InChI=1S/C13H15BrN4/c1-10-15-16-13-9-17(8-4-7-14)11-5-2-3-6-12(11)18(10)13/h2-3,5-6H,4,7-9H2,1H3. The van der Waals surface area contributed by atoms with Crippen molar-refractivity contribution < 1.29 is 0 Å². The van der Waals surface area contributed by atoms with Crippen molar-refractivity contribution >= 4 is 21.6 Å². The van der Waals surface area contributed by atoms with E-state index < -0.39 is 0 Å². The Hall–Kier alpha value is -1.36. The van der Waals surface area contributed by atoms with E-state index in [1.54, 1.807) is 0 Å². The Morgan fingerprint density at radius 1 is 1.22 bits per heavy atom. The molecule has 2 heterocycles. The molecule has 0 atom stereocenters. The van der Waals surface area contributed by atoms with Crippen LogP contribution >= 0.6 is 15.9 Å². The van der Waals surface area contributed by atoms with Gasteiger partial charge in [-0.1, -0.05) is 28.1 Å². The van der Waals surface area contributed by atoms with Crippen LogP contribution in [0.25, 0.3) is 5.69 Å². The van der Waals surface area contributed by atoms with Gasteiger partial charge in [-0.15, -0.1) is 10.2 Å². The first-order valence-corrected chi connectivity index (χ1v) is 7.24. The number of hydrogen-bond donors (Lipinski definition) is 0. The zero-order valence-electron chi connectivity index (χ0n) is 10.3. The number of aromatic nitrogens is 3. The molecule has 1 aliphatic heterocycles. The first-order valence-electron chi connectivity index (χ1n) is 6.12. The van der Waals surface area contributed by atoms with Crippen molar-refractivity contribution in [2.24, 2.45) is 0 Å². The van der Waals surface area contributed by atoms with E-state index in [9.17, 15) is 0 Å². The summed E-state index contributed by atoms with van der Waals surface area (Å²) in [7, 11) is 0. The molecule has 0 aliphatic carbocycles. The van der Waals surface area contributed by atoms with E-state index in [-0.39, 0.29) is 0 Å². The van der Waals surface area contributed by atoms with Crippen LogP contribution in [-0.2, 0) is 6.54 Å². The Morgan fingerprint density at radius 2 is 2.00 bits per heavy atom. The number of aryl methyl sites for hydroxylation is 1. The topological polar surface area (TPSA) is 34.0 Å². The van der Waals surface area contributed by atoms with E-state index in [1.807, 2.05) is 6.92 Å². The average molecular weight is 307 g/mol. The Balaban J connectivity index is 2.06. The van der Waals surface area contributed by atoms with Gasteiger partial charge in [0.15, 0.2) is 5.82 Å². The fraction of sp³-hybridized carbons (Fsp3) is 0.385. The summed E-state index contributed by atoms with van der Waals surface area (Å²) in [5, 5.41) is 9.49. The van der Waals surface area contributed by atoms with Gasteiger partial charge in [-0.3, -0.25) is 4.57 Å². The Labute approximate surface area is 115 Å². The highest BCUT2D eigenvalue weighted by atomic mass is 79.9. The molecule has 5 heteroatoms. The van der Waals surface area contributed by atoms with E-state index in [0.717, 1.165) is 36.5 Å². The number of benzene rings is 1. The second kappa shape index (κ2) is 4.72. The molecule has 1 aliphatic rings. The molecule has 0 spiro atoms. The van der Waals surface area contributed by atoms with Crippen LogP contribution < -0.4 is 4.90 Å². The maximum Gasteiger partial charge on any atom is 0.157 e. The van der Waals surface area contributed by atoms with Crippen molar-refractivity contribution in [1.29, 1.82) is 0 Å². The summed E-state index contributed by atoms with van der Waals surface area (Å²) < 4.78 is 2.15. The predicted octanol–water partition coefficient (Wildman–Crippen LogP) is 2.68. The van der Waals surface area contributed by atoms with Crippen LogP contribution in [0.1, 0.15) is 18.1 Å². The van der Waals surface area contributed by atoms with Gasteiger partial charge in [0.05, 0.1) is 17.9 Å². The van der Waals surface area contributed by atoms with Gasteiger partial charge in [-0.05, 0) is 25.5 Å². The zero-order valence-corrected chi connectivity index (χ0v) is 11.9. The molecular weight excluding hydrogens is 292 g/mol. The second-order valence-electron chi connectivity index (χ2n) is 4.45. The lowest BCUT2D eigenvalue weighted by Gasteiger charge is -2.31. The number of anilines is 1. The highest BCUT2D eigenvalue weighted by Crippen LogP contribution is 2.31. The van der Waals surface area contributed by atoms with E-state index in [2.05, 4.69) is 59.9 Å². The molecule has 0 amide bonds. The zero-order chi connectivity index (χ0) is 12.5. The van der Waals surface area contributed by atoms with Gasteiger partial charge in [0.25, 0.3) is 0 Å². The van der Waals surface area contributed by atoms with Crippen molar-refractivity contribution in [2.75, 3.05) is 16.8 Å². The van der Waals surface area contributed by atoms with Crippen LogP contribution in [0.4, 0.5) is 5.69 Å². The normalized spacial score (nSPS) is 13.3. The number of para-hydroxylation sites is 2. The van der Waals surface area contributed by atoms with Crippen molar-refractivity contribution in [3.8, 4) is 5.69 Å².